The number of amides is 1. The minimum absolute atomic E-state index is 0.170. The molecular weight excluding hydrogens is 326 g/mol. The van der Waals surface area contributed by atoms with Crippen LogP contribution in [0.1, 0.15) is 29.4 Å². The number of nitrogens with one attached hydrogen (secondary N) is 1. The summed E-state index contributed by atoms with van der Waals surface area (Å²) in [6.07, 6.45) is 0.887. The Hall–Kier alpha value is -3.08. The third-order valence-electron chi connectivity index (χ3n) is 4.14. The molecule has 3 aromatic rings. The molecule has 0 aliphatic rings. The predicted octanol–water partition coefficient (Wildman–Crippen LogP) is 4.53. The minimum Gasteiger partial charge on any atom is -0.496 e. The maximum atomic E-state index is 12.8. The number of hydrogen-bond acceptors (Lipinski definition) is 3. The Labute approximate surface area is 153 Å². The SMILES string of the molecule is CCCn1nc(-c2ccccc2OC)cc1C(=O)Nc1ccc(C)cc1. The van der Waals surface area contributed by atoms with Crippen molar-refractivity contribution < 1.29 is 9.53 Å². The summed E-state index contributed by atoms with van der Waals surface area (Å²) in [6.45, 7) is 4.75. The fraction of sp³-hybridized carbons (Fsp3) is 0.238. The number of carbonyl (C=O) groups is 1. The van der Waals surface area contributed by atoms with Gasteiger partial charge in [-0.15, -0.1) is 0 Å². The van der Waals surface area contributed by atoms with Gasteiger partial charge in [-0.25, -0.2) is 0 Å². The number of methoxy groups -OCH3 is 1. The van der Waals surface area contributed by atoms with Gasteiger partial charge in [0.15, 0.2) is 0 Å². The summed E-state index contributed by atoms with van der Waals surface area (Å²) >= 11 is 0. The maximum Gasteiger partial charge on any atom is 0.273 e. The van der Waals surface area contributed by atoms with Gasteiger partial charge in [0.05, 0.1) is 12.8 Å². The summed E-state index contributed by atoms with van der Waals surface area (Å²) in [7, 11) is 1.63. The summed E-state index contributed by atoms with van der Waals surface area (Å²) in [4.78, 5) is 12.8. The molecule has 0 radical (unpaired) electrons. The average molecular weight is 349 g/mol. The fourth-order valence-electron chi connectivity index (χ4n) is 2.80. The minimum atomic E-state index is -0.170. The van der Waals surface area contributed by atoms with E-state index in [1.807, 2.05) is 61.5 Å². The van der Waals surface area contributed by atoms with Crippen molar-refractivity contribution in [2.75, 3.05) is 12.4 Å². The van der Waals surface area contributed by atoms with Crippen LogP contribution in [0.5, 0.6) is 5.75 Å². The summed E-state index contributed by atoms with van der Waals surface area (Å²) in [5.41, 5.74) is 4.05. The van der Waals surface area contributed by atoms with Crippen molar-refractivity contribution in [1.29, 1.82) is 0 Å². The summed E-state index contributed by atoms with van der Waals surface area (Å²) in [6, 6.07) is 17.2. The molecule has 26 heavy (non-hydrogen) atoms. The van der Waals surface area contributed by atoms with E-state index >= 15 is 0 Å². The molecule has 1 amide bonds. The normalized spacial score (nSPS) is 10.6. The number of benzene rings is 2. The molecule has 1 heterocycles. The van der Waals surface area contributed by atoms with Crippen molar-refractivity contribution in [3.05, 3.63) is 65.9 Å². The second-order valence-electron chi connectivity index (χ2n) is 6.16. The Kier molecular flexibility index (Phi) is 5.37. The van der Waals surface area contributed by atoms with Crippen LogP contribution in [0.25, 0.3) is 11.3 Å². The first-order valence-corrected chi connectivity index (χ1v) is 8.71. The van der Waals surface area contributed by atoms with E-state index in [1.54, 1.807) is 11.8 Å². The van der Waals surface area contributed by atoms with Crippen molar-refractivity contribution in [3.8, 4) is 17.0 Å². The topological polar surface area (TPSA) is 56.2 Å². The molecule has 5 heteroatoms. The Bertz CT molecular complexity index is 898. The maximum absolute atomic E-state index is 12.8. The first-order valence-electron chi connectivity index (χ1n) is 8.71. The van der Waals surface area contributed by atoms with Crippen LogP contribution >= 0.6 is 0 Å². The van der Waals surface area contributed by atoms with Gasteiger partial charge in [0.2, 0.25) is 0 Å². The Morgan fingerprint density at radius 3 is 2.58 bits per heavy atom. The van der Waals surface area contributed by atoms with Crippen molar-refractivity contribution in [1.82, 2.24) is 9.78 Å². The quantitative estimate of drug-likeness (QED) is 0.711. The number of carbonyl (C=O) groups excluding carboxylic acids is 1. The van der Waals surface area contributed by atoms with E-state index in [9.17, 15) is 4.79 Å². The molecule has 5 nitrogen and oxygen atoms in total. The molecule has 0 unspecified atom stereocenters. The Morgan fingerprint density at radius 2 is 1.88 bits per heavy atom. The molecule has 1 N–H and O–H groups in total. The summed E-state index contributed by atoms with van der Waals surface area (Å²) in [5.74, 6) is 0.565. The predicted molar refractivity (Wildman–Crippen MR) is 104 cm³/mol. The van der Waals surface area contributed by atoms with Gasteiger partial charge in [-0.05, 0) is 43.7 Å². The number of hydrogen-bond donors (Lipinski definition) is 1. The van der Waals surface area contributed by atoms with Crippen molar-refractivity contribution >= 4 is 11.6 Å². The molecule has 0 aliphatic carbocycles. The Morgan fingerprint density at radius 1 is 1.15 bits per heavy atom. The molecule has 2 aromatic carbocycles. The number of anilines is 1. The van der Waals surface area contributed by atoms with Gasteiger partial charge in [-0.3, -0.25) is 9.48 Å². The lowest BCUT2D eigenvalue weighted by Crippen LogP contribution is -2.17. The summed E-state index contributed by atoms with van der Waals surface area (Å²) < 4.78 is 7.18. The van der Waals surface area contributed by atoms with Crippen LogP contribution in [0.4, 0.5) is 5.69 Å². The van der Waals surface area contributed by atoms with Crippen LogP contribution in [0.2, 0.25) is 0 Å². The lowest BCUT2D eigenvalue weighted by Gasteiger charge is -2.07. The summed E-state index contributed by atoms with van der Waals surface area (Å²) in [5, 5.41) is 7.58. The van der Waals surface area contributed by atoms with Crippen LogP contribution < -0.4 is 10.1 Å². The highest BCUT2D eigenvalue weighted by atomic mass is 16.5. The molecule has 0 saturated heterocycles. The molecule has 0 atom stereocenters. The lowest BCUT2D eigenvalue weighted by molar-refractivity contribution is 0.101. The van der Waals surface area contributed by atoms with Crippen molar-refractivity contribution in [2.24, 2.45) is 0 Å². The Balaban J connectivity index is 1.94. The third-order valence-corrected chi connectivity index (χ3v) is 4.14. The number of para-hydroxylation sites is 1. The van der Waals surface area contributed by atoms with Crippen molar-refractivity contribution in [2.45, 2.75) is 26.8 Å². The number of aryl methyl sites for hydroxylation is 2. The second kappa shape index (κ2) is 7.87. The monoisotopic (exact) mass is 349 g/mol. The van der Waals surface area contributed by atoms with E-state index in [1.165, 1.54) is 0 Å². The highest BCUT2D eigenvalue weighted by molar-refractivity contribution is 6.03. The molecular formula is C21H23N3O2. The number of rotatable bonds is 6. The van der Waals surface area contributed by atoms with Gasteiger partial charge < -0.3 is 10.1 Å². The molecule has 0 bridgehead atoms. The highest BCUT2D eigenvalue weighted by Gasteiger charge is 2.18. The lowest BCUT2D eigenvalue weighted by atomic mass is 10.1. The van der Waals surface area contributed by atoms with Gasteiger partial charge in [0.1, 0.15) is 11.4 Å². The largest absolute Gasteiger partial charge is 0.496 e. The van der Waals surface area contributed by atoms with Crippen LogP contribution in [-0.2, 0) is 6.54 Å². The molecule has 0 spiro atoms. The van der Waals surface area contributed by atoms with Gasteiger partial charge in [0, 0.05) is 17.8 Å². The smallest absolute Gasteiger partial charge is 0.273 e. The van der Waals surface area contributed by atoms with Crippen LogP contribution in [-0.4, -0.2) is 22.8 Å². The van der Waals surface area contributed by atoms with E-state index in [-0.39, 0.29) is 5.91 Å². The zero-order valence-corrected chi connectivity index (χ0v) is 15.3. The molecule has 0 fully saturated rings. The van der Waals surface area contributed by atoms with E-state index in [2.05, 4.69) is 17.3 Å². The number of nitrogens with zero attached hydrogens (tertiary/aromatic N) is 2. The first kappa shape index (κ1) is 17.7. The van der Waals surface area contributed by atoms with E-state index in [0.717, 1.165) is 34.7 Å². The van der Waals surface area contributed by atoms with Gasteiger partial charge in [-0.1, -0.05) is 36.8 Å². The van der Waals surface area contributed by atoms with Crippen LogP contribution in [0, 0.1) is 6.92 Å². The third kappa shape index (κ3) is 3.77. The molecule has 1 aromatic heterocycles. The fourth-order valence-corrected chi connectivity index (χ4v) is 2.80. The standard InChI is InChI=1S/C21H23N3O2/c1-4-13-24-19(21(25)22-16-11-9-15(2)10-12-16)14-18(23-24)17-7-5-6-8-20(17)26-3/h5-12,14H,4,13H2,1-3H3,(H,22,25). The number of ether oxygens (including phenoxy) is 1. The molecule has 3 rings (SSSR count). The average Bonchev–Trinajstić information content (AvgIpc) is 3.08. The van der Waals surface area contributed by atoms with E-state index < -0.39 is 0 Å². The molecule has 0 saturated carbocycles. The molecule has 134 valence electrons. The van der Waals surface area contributed by atoms with Crippen LogP contribution in [0.15, 0.2) is 54.6 Å². The van der Waals surface area contributed by atoms with Crippen molar-refractivity contribution in [3.63, 3.8) is 0 Å². The second-order valence-corrected chi connectivity index (χ2v) is 6.16. The van der Waals surface area contributed by atoms with Gasteiger partial charge in [-0.2, -0.15) is 5.10 Å². The van der Waals surface area contributed by atoms with Gasteiger partial charge >= 0.3 is 0 Å². The van der Waals surface area contributed by atoms with E-state index in [4.69, 9.17) is 4.74 Å². The zero-order valence-electron chi connectivity index (χ0n) is 15.3. The van der Waals surface area contributed by atoms with Gasteiger partial charge in [0.25, 0.3) is 5.91 Å². The first-order chi connectivity index (χ1) is 12.6. The van der Waals surface area contributed by atoms with Crippen LogP contribution in [0.3, 0.4) is 0 Å². The highest BCUT2D eigenvalue weighted by Crippen LogP contribution is 2.29. The zero-order chi connectivity index (χ0) is 18.5. The van der Waals surface area contributed by atoms with E-state index in [0.29, 0.717) is 12.2 Å². The molecule has 0 aliphatic heterocycles. The number of aromatic nitrogens is 2.